The van der Waals surface area contributed by atoms with E-state index in [1.807, 2.05) is 26.0 Å². The Morgan fingerprint density at radius 3 is 2.48 bits per heavy atom. The summed E-state index contributed by atoms with van der Waals surface area (Å²) >= 11 is 0. The number of carbonyl (C=O) groups is 2. The van der Waals surface area contributed by atoms with Crippen LogP contribution < -0.4 is 30.5 Å². The minimum absolute atomic E-state index is 0.170. The molecule has 0 atom stereocenters. The molecular formula is C28H25F3N8O3. The molecule has 5 rings (SSSR count). The van der Waals surface area contributed by atoms with Crippen LogP contribution in [0.1, 0.15) is 16.8 Å². The molecule has 0 bridgehead atoms. The van der Waals surface area contributed by atoms with E-state index in [1.54, 1.807) is 37.6 Å². The molecule has 0 saturated carbocycles. The second-order valence-corrected chi connectivity index (χ2v) is 9.41. The van der Waals surface area contributed by atoms with Gasteiger partial charge in [-0.25, -0.2) is 14.6 Å². The number of para-hydroxylation sites is 2. The number of nitrogens with one attached hydrogen (secondary N) is 3. The molecule has 0 saturated heterocycles. The predicted octanol–water partition coefficient (Wildman–Crippen LogP) is 6.35. The summed E-state index contributed by atoms with van der Waals surface area (Å²) in [5.41, 5.74) is 3.68. The molecule has 0 unspecified atom stereocenters. The number of urea groups is 2. The highest BCUT2D eigenvalue weighted by atomic mass is 19.4. The van der Waals surface area contributed by atoms with Crippen LogP contribution in [0, 0.1) is 13.8 Å². The third kappa shape index (κ3) is 6.32. The lowest BCUT2D eigenvalue weighted by Gasteiger charge is -2.35. The van der Waals surface area contributed by atoms with Gasteiger partial charge in [-0.15, -0.1) is 13.2 Å². The third-order valence-corrected chi connectivity index (χ3v) is 6.29. The molecule has 0 aliphatic carbocycles. The Balaban J connectivity index is 1.33. The Hall–Kier alpha value is -5.40. The average Bonchev–Trinajstić information content (AvgIpc) is 2.94. The summed E-state index contributed by atoms with van der Waals surface area (Å²) < 4.78 is 42.2. The molecule has 2 aromatic carbocycles. The van der Waals surface area contributed by atoms with E-state index in [0.717, 1.165) is 17.3 Å². The van der Waals surface area contributed by atoms with E-state index in [1.165, 1.54) is 28.0 Å². The zero-order chi connectivity index (χ0) is 30.0. The highest BCUT2D eigenvalue weighted by molar-refractivity contribution is 6.06. The van der Waals surface area contributed by atoms with Crippen LogP contribution >= 0.6 is 0 Å². The Morgan fingerprint density at radius 2 is 1.74 bits per heavy atom. The first-order chi connectivity index (χ1) is 20.0. The maximum Gasteiger partial charge on any atom is 0.573 e. The lowest BCUT2D eigenvalue weighted by Crippen LogP contribution is -2.46. The Labute approximate surface area is 238 Å². The number of nitrogens with zero attached hydrogens (tertiary/aromatic N) is 5. The quantitative estimate of drug-likeness (QED) is 0.244. The van der Waals surface area contributed by atoms with Crippen molar-refractivity contribution in [2.75, 3.05) is 32.8 Å². The number of amides is 4. The number of halogens is 3. The number of hydrogen-bond acceptors (Lipinski definition) is 7. The highest BCUT2D eigenvalue weighted by Gasteiger charge is 2.33. The van der Waals surface area contributed by atoms with Crippen LogP contribution in [-0.4, -0.2) is 40.4 Å². The second-order valence-electron chi connectivity index (χ2n) is 9.41. The SMILES string of the molecule is Cc1ccc(Nc2ncc3c(n2)N(C)C(=O)N(c2cc(NC(=O)Nc4ccccc4OC(F)(F)F)ccc2C)C3)cn1. The van der Waals surface area contributed by atoms with Crippen LogP contribution in [0.3, 0.4) is 0 Å². The van der Waals surface area contributed by atoms with E-state index >= 15 is 0 Å². The van der Waals surface area contributed by atoms with Gasteiger partial charge in [0.1, 0.15) is 5.82 Å². The number of aromatic nitrogens is 3. The zero-order valence-corrected chi connectivity index (χ0v) is 22.7. The monoisotopic (exact) mass is 578 g/mol. The molecule has 0 spiro atoms. The van der Waals surface area contributed by atoms with Crippen molar-refractivity contribution in [3.8, 4) is 5.75 Å². The molecule has 11 nitrogen and oxygen atoms in total. The van der Waals surface area contributed by atoms with Gasteiger partial charge in [0.05, 0.1) is 29.8 Å². The van der Waals surface area contributed by atoms with Gasteiger partial charge in [0.15, 0.2) is 5.75 Å². The third-order valence-electron chi connectivity index (χ3n) is 6.29. The molecule has 1 aliphatic heterocycles. The topological polar surface area (TPSA) is 125 Å². The molecule has 42 heavy (non-hydrogen) atoms. The van der Waals surface area contributed by atoms with Gasteiger partial charge in [-0.2, -0.15) is 4.98 Å². The van der Waals surface area contributed by atoms with Gasteiger partial charge >= 0.3 is 18.4 Å². The zero-order valence-electron chi connectivity index (χ0n) is 22.7. The normalized spacial score (nSPS) is 13.0. The number of benzene rings is 2. The van der Waals surface area contributed by atoms with Crippen molar-refractivity contribution in [3.05, 3.63) is 83.8 Å². The largest absolute Gasteiger partial charge is 0.573 e. The second kappa shape index (κ2) is 11.2. The standard InChI is InChI=1S/C28H25F3N8O3/c1-16-8-10-19(35-26(40)36-21-6-4-5-7-23(21)42-28(29,30)31)12-22(16)39-15-18-13-33-25(37-24(18)38(3)27(39)41)34-20-11-9-17(2)32-14-20/h4-14H,15H2,1-3H3,(H,33,34,37)(H2,35,36,40). The first-order valence-corrected chi connectivity index (χ1v) is 12.6. The van der Waals surface area contributed by atoms with Crippen LogP contribution in [0.25, 0.3) is 0 Å². The van der Waals surface area contributed by atoms with Crippen LogP contribution in [0.15, 0.2) is 67.0 Å². The Bertz CT molecular complexity index is 1650. The number of anilines is 6. The fraction of sp³-hybridized carbons (Fsp3) is 0.179. The van der Waals surface area contributed by atoms with E-state index in [2.05, 4.69) is 35.6 Å². The first-order valence-electron chi connectivity index (χ1n) is 12.6. The maximum atomic E-state index is 13.4. The van der Waals surface area contributed by atoms with E-state index in [9.17, 15) is 22.8 Å². The lowest BCUT2D eigenvalue weighted by atomic mass is 10.1. The van der Waals surface area contributed by atoms with E-state index < -0.39 is 18.1 Å². The molecule has 216 valence electrons. The van der Waals surface area contributed by atoms with Gasteiger partial charge < -0.3 is 20.7 Å². The number of carbonyl (C=O) groups excluding carboxylic acids is 2. The summed E-state index contributed by atoms with van der Waals surface area (Å²) in [5.74, 6) is 0.199. The smallest absolute Gasteiger partial charge is 0.404 e. The predicted molar refractivity (Wildman–Crippen MR) is 151 cm³/mol. The van der Waals surface area contributed by atoms with E-state index in [4.69, 9.17) is 0 Å². The number of alkyl halides is 3. The van der Waals surface area contributed by atoms with Gasteiger partial charge in [0.25, 0.3) is 0 Å². The maximum absolute atomic E-state index is 13.4. The fourth-order valence-electron chi connectivity index (χ4n) is 4.27. The first kappa shape index (κ1) is 28.1. The molecule has 2 aromatic heterocycles. The van der Waals surface area contributed by atoms with Crippen molar-refractivity contribution in [1.82, 2.24) is 15.0 Å². The van der Waals surface area contributed by atoms with Gasteiger partial charge in [-0.1, -0.05) is 18.2 Å². The summed E-state index contributed by atoms with van der Waals surface area (Å²) in [7, 11) is 1.60. The van der Waals surface area contributed by atoms with Gasteiger partial charge in [-0.3, -0.25) is 14.8 Å². The molecule has 14 heteroatoms. The summed E-state index contributed by atoms with van der Waals surface area (Å²) in [4.78, 5) is 42.2. The number of aryl methyl sites for hydroxylation is 2. The van der Waals surface area contributed by atoms with Crippen molar-refractivity contribution in [2.45, 2.75) is 26.8 Å². The summed E-state index contributed by atoms with van der Waals surface area (Å²) in [6.45, 7) is 3.86. The van der Waals surface area contributed by atoms with Gasteiger partial charge in [-0.05, 0) is 55.8 Å². The summed E-state index contributed by atoms with van der Waals surface area (Å²) in [6.07, 6.45) is -1.63. The minimum atomic E-state index is -4.92. The number of pyridine rings is 1. The number of fused-ring (bicyclic) bond motifs is 1. The van der Waals surface area contributed by atoms with E-state index in [0.29, 0.717) is 34.4 Å². The Kier molecular flexibility index (Phi) is 7.53. The molecule has 4 aromatic rings. The molecule has 0 fully saturated rings. The number of rotatable bonds is 6. The molecule has 3 heterocycles. The van der Waals surface area contributed by atoms with Crippen molar-refractivity contribution in [3.63, 3.8) is 0 Å². The van der Waals surface area contributed by atoms with Gasteiger partial charge in [0.2, 0.25) is 5.95 Å². The molecule has 1 aliphatic rings. The van der Waals surface area contributed by atoms with E-state index in [-0.39, 0.29) is 18.3 Å². The Morgan fingerprint density at radius 1 is 0.976 bits per heavy atom. The summed E-state index contributed by atoms with van der Waals surface area (Å²) in [5, 5.41) is 8.03. The van der Waals surface area contributed by atoms with Crippen molar-refractivity contribution in [1.29, 1.82) is 0 Å². The molecule has 3 N–H and O–H groups in total. The minimum Gasteiger partial charge on any atom is -0.404 e. The molecule has 0 radical (unpaired) electrons. The number of hydrogen-bond donors (Lipinski definition) is 3. The van der Waals surface area contributed by atoms with Crippen molar-refractivity contribution >= 4 is 46.6 Å². The van der Waals surface area contributed by atoms with Crippen LogP contribution in [-0.2, 0) is 6.54 Å². The van der Waals surface area contributed by atoms with Crippen LogP contribution in [0.2, 0.25) is 0 Å². The van der Waals surface area contributed by atoms with Crippen LogP contribution in [0.4, 0.5) is 57.3 Å². The number of ether oxygens (including phenoxy) is 1. The van der Waals surface area contributed by atoms with Crippen molar-refractivity contribution in [2.24, 2.45) is 0 Å². The average molecular weight is 579 g/mol. The fourth-order valence-corrected chi connectivity index (χ4v) is 4.27. The van der Waals surface area contributed by atoms with Gasteiger partial charge in [0, 0.05) is 30.2 Å². The molecular weight excluding hydrogens is 553 g/mol. The lowest BCUT2D eigenvalue weighted by molar-refractivity contribution is -0.274. The van der Waals surface area contributed by atoms with Crippen LogP contribution in [0.5, 0.6) is 5.75 Å². The summed E-state index contributed by atoms with van der Waals surface area (Å²) in [6, 6.07) is 12.7. The van der Waals surface area contributed by atoms with Crippen molar-refractivity contribution < 1.29 is 27.5 Å². The highest BCUT2D eigenvalue weighted by Crippen LogP contribution is 2.34. The molecule has 4 amide bonds.